The third-order valence-corrected chi connectivity index (χ3v) is 4.45. The summed E-state index contributed by atoms with van der Waals surface area (Å²) in [6.07, 6.45) is 4.25. The van der Waals surface area contributed by atoms with E-state index in [1.807, 2.05) is 0 Å². The summed E-state index contributed by atoms with van der Waals surface area (Å²) in [4.78, 5) is 14.2. The molecule has 4 heteroatoms. The summed E-state index contributed by atoms with van der Waals surface area (Å²) in [7, 11) is 0. The Hall–Kier alpha value is -0.610. The van der Waals surface area contributed by atoms with Gasteiger partial charge in [-0.15, -0.1) is 0 Å². The van der Waals surface area contributed by atoms with Gasteiger partial charge in [0, 0.05) is 39.2 Å². The average molecular weight is 238 g/mol. The molecular weight excluding hydrogens is 216 g/mol. The summed E-state index contributed by atoms with van der Waals surface area (Å²) in [5.41, 5.74) is 0. The summed E-state index contributed by atoms with van der Waals surface area (Å²) in [6, 6.07) is 0. The molecule has 3 fully saturated rings. The summed E-state index contributed by atoms with van der Waals surface area (Å²) >= 11 is 0. The van der Waals surface area contributed by atoms with Crippen LogP contribution in [0.25, 0.3) is 0 Å². The molecule has 0 aliphatic carbocycles. The van der Waals surface area contributed by atoms with Crippen LogP contribution in [0.4, 0.5) is 0 Å². The van der Waals surface area contributed by atoms with E-state index in [9.17, 15) is 4.79 Å². The van der Waals surface area contributed by atoms with Gasteiger partial charge in [0.05, 0.1) is 6.10 Å². The van der Waals surface area contributed by atoms with Crippen LogP contribution >= 0.6 is 0 Å². The van der Waals surface area contributed by atoms with Crippen LogP contribution in [0.15, 0.2) is 0 Å². The number of nitrogens with one attached hydrogen (secondary N) is 1. The second-order valence-electron chi connectivity index (χ2n) is 5.65. The molecule has 17 heavy (non-hydrogen) atoms. The van der Waals surface area contributed by atoms with Crippen LogP contribution in [0.1, 0.15) is 25.7 Å². The van der Waals surface area contributed by atoms with Crippen LogP contribution in [0.3, 0.4) is 0 Å². The van der Waals surface area contributed by atoms with Crippen molar-refractivity contribution < 1.29 is 9.53 Å². The van der Waals surface area contributed by atoms with Gasteiger partial charge in [-0.05, 0) is 31.1 Å². The number of likely N-dealkylation sites (tertiary alicyclic amines) is 1. The van der Waals surface area contributed by atoms with Crippen molar-refractivity contribution in [1.82, 2.24) is 10.2 Å². The zero-order valence-electron chi connectivity index (χ0n) is 10.4. The summed E-state index contributed by atoms with van der Waals surface area (Å²) < 4.78 is 5.56. The zero-order chi connectivity index (χ0) is 11.7. The topological polar surface area (TPSA) is 41.6 Å². The lowest BCUT2D eigenvalue weighted by Crippen LogP contribution is -2.32. The molecule has 0 aromatic carbocycles. The van der Waals surface area contributed by atoms with Gasteiger partial charge in [0.25, 0.3) is 0 Å². The molecule has 3 aliphatic heterocycles. The standard InChI is InChI=1S/C13H22N2O2/c16-13(4-3-12-2-1-5-17-12)15-8-10-6-14-7-11(10)9-15/h10-12,14H,1-9H2/t10-,11+,12?. The highest BCUT2D eigenvalue weighted by Crippen LogP contribution is 2.27. The molecule has 3 saturated heterocycles. The van der Waals surface area contributed by atoms with Crippen LogP contribution in [-0.4, -0.2) is 49.7 Å². The molecule has 0 bridgehead atoms. The summed E-state index contributed by atoms with van der Waals surface area (Å²) in [6.45, 7) is 5.03. The number of rotatable bonds is 3. The Morgan fingerprint density at radius 2 is 2.06 bits per heavy atom. The van der Waals surface area contributed by atoms with Crippen molar-refractivity contribution >= 4 is 5.91 Å². The number of hydrogen-bond donors (Lipinski definition) is 1. The molecule has 0 aromatic heterocycles. The number of nitrogens with zero attached hydrogens (tertiary/aromatic N) is 1. The minimum absolute atomic E-state index is 0.342. The highest BCUT2D eigenvalue weighted by molar-refractivity contribution is 5.76. The molecule has 1 N–H and O–H groups in total. The van der Waals surface area contributed by atoms with Crippen LogP contribution in [0.2, 0.25) is 0 Å². The van der Waals surface area contributed by atoms with Gasteiger partial charge in [-0.25, -0.2) is 0 Å². The normalized spacial score (nSPS) is 36.5. The van der Waals surface area contributed by atoms with Gasteiger partial charge < -0.3 is 15.0 Å². The van der Waals surface area contributed by atoms with E-state index in [1.165, 1.54) is 6.42 Å². The van der Waals surface area contributed by atoms with Gasteiger partial charge in [-0.3, -0.25) is 4.79 Å². The van der Waals surface area contributed by atoms with E-state index in [-0.39, 0.29) is 0 Å². The van der Waals surface area contributed by atoms with E-state index >= 15 is 0 Å². The lowest BCUT2D eigenvalue weighted by molar-refractivity contribution is -0.131. The van der Waals surface area contributed by atoms with Crippen molar-refractivity contribution in [2.75, 3.05) is 32.8 Å². The molecule has 1 amide bonds. The van der Waals surface area contributed by atoms with E-state index in [1.54, 1.807) is 0 Å². The van der Waals surface area contributed by atoms with Gasteiger partial charge in [-0.1, -0.05) is 0 Å². The Labute approximate surface area is 103 Å². The predicted octanol–water partition coefficient (Wildman–Crippen LogP) is 0.623. The Morgan fingerprint density at radius 3 is 2.71 bits per heavy atom. The summed E-state index contributed by atoms with van der Waals surface area (Å²) in [5.74, 6) is 1.76. The van der Waals surface area contributed by atoms with Crippen molar-refractivity contribution in [3.05, 3.63) is 0 Å². The number of carbonyl (C=O) groups excluding carboxylic acids is 1. The quantitative estimate of drug-likeness (QED) is 0.784. The lowest BCUT2D eigenvalue weighted by atomic mass is 10.0. The number of carbonyl (C=O) groups is 1. The molecular formula is C13H22N2O2. The SMILES string of the molecule is O=C(CCC1CCCO1)N1C[C@H]2CNC[C@H]2C1. The van der Waals surface area contributed by atoms with Crippen molar-refractivity contribution in [3.8, 4) is 0 Å². The molecule has 0 saturated carbocycles. The lowest BCUT2D eigenvalue weighted by Gasteiger charge is -2.18. The molecule has 3 aliphatic rings. The number of fused-ring (bicyclic) bond motifs is 1. The van der Waals surface area contributed by atoms with E-state index in [0.29, 0.717) is 30.3 Å². The monoisotopic (exact) mass is 238 g/mol. The molecule has 3 heterocycles. The highest BCUT2D eigenvalue weighted by atomic mass is 16.5. The minimum atomic E-state index is 0.342. The van der Waals surface area contributed by atoms with Crippen molar-refractivity contribution in [2.45, 2.75) is 31.8 Å². The van der Waals surface area contributed by atoms with E-state index in [2.05, 4.69) is 10.2 Å². The fraction of sp³-hybridized carbons (Fsp3) is 0.923. The fourth-order valence-electron chi connectivity index (χ4n) is 3.37. The molecule has 0 radical (unpaired) electrons. The van der Waals surface area contributed by atoms with Crippen molar-refractivity contribution in [3.63, 3.8) is 0 Å². The molecule has 96 valence electrons. The highest BCUT2D eigenvalue weighted by Gasteiger charge is 2.37. The Bertz CT molecular complexity index is 277. The smallest absolute Gasteiger partial charge is 0.222 e. The molecule has 0 aromatic rings. The van der Waals surface area contributed by atoms with Crippen LogP contribution < -0.4 is 5.32 Å². The van der Waals surface area contributed by atoms with Gasteiger partial charge in [-0.2, -0.15) is 0 Å². The predicted molar refractivity (Wildman–Crippen MR) is 64.6 cm³/mol. The maximum atomic E-state index is 12.1. The van der Waals surface area contributed by atoms with Crippen molar-refractivity contribution in [1.29, 1.82) is 0 Å². The van der Waals surface area contributed by atoms with Gasteiger partial charge in [0.1, 0.15) is 0 Å². The Kier molecular flexibility index (Phi) is 3.34. The van der Waals surface area contributed by atoms with Crippen LogP contribution in [-0.2, 0) is 9.53 Å². The van der Waals surface area contributed by atoms with E-state index in [4.69, 9.17) is 4.74 Å². The first-order valence-electron chi connectivity index (χ1n) is 6.93. The van der Waals surface area contributed by atoms with Gasteiger partial charge in [0.15, 0.2) is 0 Å². The van der Waals surface area contributed by atoms with Gasteiger partial charge in [0.2, 0.25) is 5.91 Å². The van der Waals surface area contributed by atoms with Crippen LogP contribution in [0.5, 0.6) is 0 Å². The first kappa shape index (κ1) is 11.5. The number of ether oxygens (including phenoxy) is 1. The minimum Gasteiger partial charge on any atom is -0.378 e. The molecule has 3 rings (SSSR count). The molecule has 0 spiro atoms. The maximum Gasteiger partial charge on any atom is 0.222 e. The fourth-order valence-corrected chi connectivity index (χ4v) is 3.37. The molecule has 1 unspecified atom stereocenters. The zero-order valence-corrected chi connectivity index (χ0v) is 10.4. The molecule has 4 nitrogen and oxygen atoms in total. The number of amides is 1. The average Bonchev–Trinajstić information content (AvgIpc) is 3.01. The third-order valence-electron chi connectivity index (χ3n) is 4.45. The Morgan fingerprint density at radius 1 is 1.29 bits per heavy atom. The second kappa shape index (κ2) is 4.94. The first-order chi connectivity index (χ1) is 8.33. The third kappa shape index (κ3) is 2.47. The van der Waals surface area contributed by atoms with E-state index < -0.39 is 0 Å². The maximum absolute atomic E-state index is 12.1. The van der Waals surface area contributed by atoms with Gasteiger partial charge >= 0.3 is 0 Å². The second-order valence-corrected chi connectivity index (χ2v) is 5.65. The number of hydrogen-bond acceptors (Lipinski definition) is 3. The first-order valence-corrected chi connectivity index (χ1v) is 6.93. The van der Waals surface area contributed by atoms with E-state index in [0.717, 1.165) is 45.6 Å². The van der Waals surface area contributed by atoms with Crippen molar-refractivity contribution in [2.24, 2.45) is 11.8 Å². The molecule has 3 atom stereocenters. The Balaban J connectivity index is 1.43. The van der Waals surface area contributed by atoms with Crippen LogP contribution in [0, 0.1) is 11.8 Å². The largest absolute Gasteiger partial charge is 0.378 e. The summed E-state index contributed by atoms with van der Waals surface area (Å²) in [5, 5.41) is 3.40.